The molecule has 1 heteroatoms. The lowest BCUT2D eigenvalue weighted by atomic mass is 9.72. The molecule has 0 aliphatic carbocycles. The predicted octanol–water partition coefficient (Wildman–Crippen LogP) is 3.81. The summed E-state index contributed by atoms with van der Waals surface area (Å²) in [4.78, 5) is 2.52. The van der Waals surface area contributed by atoms with Gasteiger partial charge in [0.05, 0.1) is 5.70 Å². The lowest BCUT2D eigenvalue weighted by Gasteiger charge is -2.45. The standard InChI is InChI=1S/C21H21N.C2H6/c1-3-21(4-2)15-22-14-13-16-9-5-6-10-17(16)20(22)18-11-7-8-12-19(18)21;1-2/h3,5-13H,1,4,14-15H2,2H3;1-2H3. The van der Waals surface area contributed by atoms with Crippen LogP contribution in [0.3, 0.4) is 0 Å². The van der Waals surface area contributed by atoms with Crippen molar-refractivity contribution < 1.29 is 0 Å². The Morgan fingerprint density at radius 1 is 1.08 bits per heavy atom. The van der Waals surface area contributed by atoms with E-state index >= 15 is 0 Å². The fraction of sp³-hybridized carbons (Fsp3) is 0.304. The van der Waals surface area contributed by atoms with Gasteiger partial charge in [0.15, 0.2) is 0 Å². The predicted molar refractivity (Wildman–Crippen MR) is 104 cm³/mol. The topological polar surface area (TPSA) is 3.24 Å². The third kappa shape index (κ3) is 2.39. The van der Waals surface area contributed by atoms with E-state index in [4.69, 9.17) is 0 Å². The van der Waals surface area contributed by atoms with Crippen molar-refractivity contribution in [2.75, 3.05) is 13.1 Å². The number of hydrogen-bond donors (Lipinski definition) is 0. The molecule has 0 spiro atoms. The number of nitrogens with zero attached hydrogens (tertiary/aromatic N) is 1. The van der Waals surface area contributed by atoms with E-state index in [0.717, 1.165) is 19.5 Å². The van der Waals surface area contributed by atoms with Crippen LogP contribution in [0.25, 0.3) is 11.8 Å². The highest BCUT2D eigenvalue weighted by atomic mass is 15.2. The van der Waals surface area contributed by atoms with E-state index in [1.165, 1.54) is 27.3 Å². The monoisotopic (exact) mass is 317 g/mol. The molecule has 2 aliphatic heterocycles. The van der Waals surface area contributed by atoms with Crippen molar-refractivity contribution in [3.8, 4) is 0 Å². The number of hydrogen-bond acceptors (Lipinski definition) is 1. The highest BCUT2D eigenvalue weighted by Gasteiger charge is 2.38. The molecule has 2 aromatic rings. The molecule has 0 amide bonds. The molecule has 0 fully saturated rings. The molecule has 0 bridgehead atoms. The number of rotatable bonds is 2. The van der Waals surface area contributed by atoms with Gasteiger partial charge in [-0.1, -0.05) is 81.5 Å². The minimum atomic E-state index is 0.0558. The maximum Gasteiger partial charge on any atom is 0.0525 e. The van der Waals surface area contributed by atoms with Gasteiger partial charge in [0.2, 0.25) is 0 Å². The average molecular weight is 317 g/mol. The summed E-state index contributed by atoms with van der Waals surface area (Å²) in [5, 5.41) is 2.71. The normalized spacial score (nSPS) is 20.6. The van der Waals surface area contributed by atoms with Gasteiger partial charge in [-0.3, -0.25) is 0 Å². The van der Waals surface area contributed by atoms with Crippen LogP contribution in [0.2, 0.25) is 0 Å². The molecule has 1 atom stereocenters. The van der Waals surface area contributed by atoms with Gasteiger partial charge in [-0.05, 0) is 17.2 Å². The molecule has 1 unspecified atom stereocenters. The third-order valence-corrected chi connectivity index (χ3v) is 5.28. The largest absolute Gasteiger partial charge is 0.366 e. The first-order valence-electron chi connectivity index (χ1n) is 9.07. The fourth-order valence-corrected chi connectivity index (χ4v) is 3.99. The van der Waals surface area contributed by atoms with Gasteiger partial charge in [0.25, 0.3) is 0 Å². The van der Waals surface area contributed by atoms with Crippen LogP contribution in [-0.4, -0.2) is 18.0 Å². The first kappa shape index (κ1) is 16.6. The van der Waals surface area contributed by atoms with E-state index in [-0.39, 0.29) is 5.41 Å². The Hall–Kier alpha value is -2.28. The number of fused-ring (bicyclic) bond motifs is 4. The van der Waals surface area contributed by atoms with E-state index in [1.807, 2.05) is 13.8 Å². The Labute approximate surface area is 145 Å². The van der Waals surface area contributed by atoms with E-state index in [9.17, 15) is 0 Å². The maximum atomic E-state index is 4.16. The van der Waals surface area contributed by atoms with Crippen LogP contribution < -0.4 is 10.4 Å². The molecule has 1 nitrogen and oxygen atoms in total. The molecule has 0 aromatic heterocycles. The number of benzene rings is 2. The van der Waals surface area contributed by atoms with Gasteiger partial charge in [-0.2, -0.15) is 0 Å². The van der Waals surface area contributed by atoms with E-state index in [1.54, 1.807) is 0 Å². The zero-order chi connectivity index (χ0) is 17.2. The Balaban J connectivity index is 0.000000815. The third-order valence-electron chi connectivity index (χ3n) is 5.28. The maximum absolute atomic E-state index is 4.16. The molecule has 0 saturated carbocycles. The Kier molecular flexibility index (Phi) is 4.62. The van der Waals surface area contributed by atoms with Crippen molar-refractivity contribution in [2.45, 2.75) is 32.6 Å². The second-order valence-corrected chi connectivity index (χ2v) is 6.28. The Bertz CT molecular complexity index is 862. The lowest BCUT2D eigenvalue weighted by molar-refractivity contribution is 0.322. The molecule has 2 aliphatic rings. The van der Waals surface area contributed by atoms with Crippen LogP contribution >= 0.6 is 0 Å². The van der Waals surface area contributed by atoms with Crippen LogP contribution in [0.15, 0.2) is 61.2 Å². The zero-order valence-electron chi connectivity index (χ0n) is 15.0. The van der Waals surface area contributed by atoms with Gasteiger partial charge < -0.3 is 4.90 Å². The van der Waals surface area contributed by atoms with Gasteiger partial charge >= 0.3 is 0 Å². The minimum absolute atomic E-state index is 0.0558. The van der Waals surface area contributed by atoms with Crippen LogP contribution in [0.4, 0.5) is 0 Å². The Morgan fingerprint density at radius 3 is 2.54 bits per heavy atom. The van der Waals surface area contributed by atoms with Crippen LogP contribution in [0, 0.1) is 0 Å². The quantitative estimate of drug-likeness (QED) is 0.761. The highest BCUT2D eigenvalue weighted by Crippen LogP contribution is 2.41. The highest BCUT2D eigenvalue weighted by molar-refractivity contribution is 5.73. The molecule has 0 N–H and O–H groups in total. The lowest BCUT2D eigenvalue weighted by Crippen LogP contribution is -2.49. The molecular formula is C23H27N. The van der Waals surface area contributed by atoms with Crippen molar-refractivity contribution in [3.05, 3.63) is 82.8 Å². The average Bonchev–Trinajstić information content (AvgIpc) is 2.68. The van der Waals surface area contributed by atoms with Crippen molar-refractivity contribution in [2.24, 2.45) is 0 Å². The summed E-state index contributed by atoms with van der Waals surface area (Å²) in [6.07, 6.45) is 5.58. The first-order chi connectivity index (χ1) is 11.8. The van der Waals surface area contributed by atoms with Gasteiger partial charge in [0.1, 0.15) is 0 Å². The van der Waals surface area contributed by atoms with Crippen LogP contribution in [0.1, 0.15) is 38.3 Å². The van der Waals surface area contributed by atoms with E-state index < -0.39 is 0 Å². The Morgan fingerprint density at radius 2 is 1.79 bits per heavy atom. The summed E-state index contributed by atoms with van der Waals surface area (Å²) in [5.41, 5.74) is 4.24. The van der Waals surface area contributed by atoms with Crippen molar-refractivity contribution >= 4 is 11.8 Å². The second kappa shape index (κ2) is 6.68. The molecule has 0 saturated heterocycles. The van der Waals surface area contributed by atoms with Crippen LogP contribution in [0.5, 0.6) is 0 Å². The van der Waals surface area contributed by atoms with Crippen molar-refractivity contribution in [3.63, 3.8) is 0 Å². The smallest absolute Gasteiger partial charge is 0.0525 e. The van der Waals surface area contributed by atoms with Gasteiger partial charge in [0, 0.05) is 29.3 Å². The molecule has 2 aromatic carbocycles. The summed E-state index contributed by atoms with van der Waals surface area (Å²) in [7, 11) is 0. The molecule has 2 heterocycles. The molecular weight excluding hydrogens is 290 g/mol. The summed E-state index contributed by atoms with van der Waals surface area (Å²) >= 11 is 0. The SMILES string of the molecule is C=CC1(CC)CN2CC=c3ccccc3=C2c2ccccc21.CC. The van der Waals surface area contributed by atoms with Crippen molar-refractivity contribution in [1.29, 1.82) is 0 Å². The summed E-state index contributed by atoms with van der Waals surface area (Å²) in [5.74, 6) is 0. The molecule has 4 rings (SSSR count). The molecule has 0 radical (unpaired) electrons. The van der Waals surface area contributed by atoms with E-state index in [2.05, 4.69) is 79.1 Å². The minimum Gasteiger partial charge on any atom is -0.366 e. The summed E-state index contributed by atoms with van der Waals surface area (Å²) in [6, 6.07) is 17.6. The molecule has 24 heavy (non-hydrogen) atoms. The van der Waals surface area contributed by atoms with E-state index in [0.29, 0.717) is 0 Å². The summed E-state index contributed by atoms with van der Waals surface area (Å²) < 4.78 is 0. The van der Waals surface area contributed by atoms with Gasteiger partial charge in [-0.25, -0.2) is 0 Å². The van der Waals surface area contributed by atoms with Crippen molar-refractivity contribution in [1.82, 2.24) is 4.90 Å². The fourth-order valence-electron chi connectivity index (χ4n) is 3.99. The van der Waals surface area contributed by atoms with Gasteiger partial charge in [-0.15, -0.1) is 6.58 Å². The zero-order valence-corrected chi connectivity index (χ0v) is 15.0. The second-order valence-electron chi connectivity index (χ2n) is 6.28. The first-order valence-corrected chi connectivity index (χ1v) is 9.07. The summed E-state index contributed by atoms with van der Waals surface area (Å²) in [6.45, 7) is 12.4. The van der Waals surface area contributed by atoms with Crippen LogP contribution in [-0.2, 0) is 5.41 Å². The molecule has 124 valence electrons.